The largest absolute Gasteiger partial charge is 0.481 e. The second-order valence-corrected chi connectivity index (χ2v) is 3.70. The van der Waals surface area contributed by atoms with Gasteiger partial charge in [-0.25, -0.2) is 0 Å². The molecule has 0 spiro atoms. The van der Waals surface area contributed by atoms with Gasteiger partial charge in [0.05, 0.1) is 0 Å². The lowest BCUT2D eigenvalue weighted by Gasteiger charge is -2.21. The Morgan fingerprint density at radius 3 is 2.62 bits per heavy atom. The Kier molecular flexibility index (Phi) is 4.83. The average Bonchev–Trinajstić information content (AvgIpc) is 2.14. The molecular weight excluding hydrogens is 168 g/mol. The first-order valence-electron chi connectivity index (χ1n) is 5.08. The van der Waals surface area contributed by atoms with Crippen molar-refractivity contribution in [2.45, 2.75) is 38.5 Å². The molecule has 1 N–H and O–H groups in total. The Labute approximate surface area is 79.1 Å². The summed E-state index contributed by atoms with van der Waals surface area (Å²) in [7, 11) is 0. The highest BCUT2D eigenvalue weighted by atomic mass is 16.5. The summed E-state index contributed by atoms with van der Waals surface area (Å²) in [5, 5.41) is 8.43. The summed E-state index contributed by atoms with van der Waals surface area (Å²) in [6.07, 6.45) is 5.70. The van der Waals surface area contributed by atoms with E-state index in [1.54, 1.807) is 0 Å². The molecule has 0 aliphatic carbocycles. The second kappa shape index (κ2) is 5.97. The fraction of sp³-hybridized carbons (Fsp3) is 0.900. The summed E-state index contributed by atoms with van der Waals surface area (Å²) >= 11 is 0. The zero-order chi connectivity index (χ0) is 9.52. The molecular formula is C10H18O3. The summed E-state index contributed by atoms with van der Waals surface area (Å²) in [5.74, 6) is 0.106. The third kappa shape index (κ3) is 4.88. The van der Waals surface area contributed by atoms with Crippen LogP contribution in [-0.4, -0.2) is 24.3 Å². The minimum absolute atomic E-state index is 0.323. The molecule has 0 aromatic rings. The highest BCUT2D eigenvalue weighted by Crippen LogP contribution is 2.20. The number of rotatable bonds is 5. The average molecular weight is 186 g/mol. The molecule has 3 heteroatoms. The van der Waals surface area contributed by atoms with E-state index in [9.17, 15) is 4.79 Å². The number of carboxylic acids is 1. The van der Waals surface area contributed by atoms with Crippen LogP contribution in [0.25, 0.3) is 0 Å². The quantitative estimate of drug-likeness (QED) is 0.668. The van der Waals surface area contributed by atoms with Crippen molar-refractivity contribution in [3.63, 3.8) is 0 Å². The number of carboxylic acid groups (broad SMARTS) is 1. The topological polar surface area (TPSA) is 46.5 Å². The lowest BCUT2D eigenvalue weighted by atomic mass is 9.94. The van der Waals surface area contributed by atoms with Gasteiger partial charge in [-0.05, 0) is 25.2 Å². The first kappa shape index (κ1) is 10.5. The smallest absolute Gasteiger partial charge is 0.303 e. The van der Waals surface area contributed by atoms with Gasteiger partial charge in [0.2, 0.25) is 0 Å². The van der Waals surface area contributed by atoms with E-state index in [1.807, 2.05) is 0 Å². The molecule has 0 radical (unpaired) electrons. The number of aliphatic carboxylic acids is 1. The lowest BCUT2D eigenvalue weighted by Crippen LogP contribution is -2.15. The molecule has 0 aromatic carbocycles. The van der Waals surface area contributed by atoms with E-state index in [1.165, 1.54) is 6.42 Å². The fourth-order valence-corrected chi connectivity index (χ4v) is 1.74. The molecule has 76 valence electrons. The van der Waals surface area contributed by atoms with Crippen LogP contribution in [-0.2, 0) is 9.53 Å². The zero-order valence-electron chi connectivity index (χ0n) is 8.00. The Morgan fingerprint density at radius 2 is 2.00 bits per heavy atom. The van der Waals surface area contributed by atoms with Crippen molar-refractivity contribution in [1.82, 2.24) is 0 Å². The third-order valence-corrected chi connectivity index (χ3v) is 2.59. The van der Waals surface area contributed by atoms with Crippen molar-refractivity contribution in [3.8, 4) is 0 Å². The number of carbonyl (C=O) groups is 1. The monoisotopic (exact) mass is 186 g/mol. The normalized spacial score (nSPS) is 18.8. The van der Waals surface area contributed by atoms with Crippen LogP contribution in [0.2, 0.25) is 0 Å². The Bertz CT molecular complexity index is 150. The van der Waals surface area contributed by atoms with Crippen LogP contribution in [0, 0.1) is 5.92 Å². The fourth-order valence-electron chi connectivity index (χ4n) is 1.74. The summed E-state index contributed by atoms with van der Waals surface area (Å²) in [6.45, 7) is 1.78. The van der Waals surface area contributed by atoms with Crippen LogP contribution in [0.5, 0.6) is 0 Å². The van der Waals surface area contributed by atoms with Gasteiger partial charge in [-0.3, -0.25) is 4.79 Å². The highest BCUT2D eigenvalue weighted by molar-refractivity contribution is 5.66. The van der Waals surface area contributed by atoms with E-state index < -0.39 is 5.97 Å². The molecule has 0 atom stereocenters. The Balaban J connectivity index is 1.95. The minimum Gasteiger partial charge on any atom is -0.481 e. The van der Waals surface area contributed by atoms with E-state index in [2.05, 4.69) is 0 Å². The van der Waals surface area contributed by atoms with Gasteiger partial charge in [-0.2, -0.15) is 0 Å². The number of hydrogen-bond donors (Lipinski definition) is 1. The molecule has 1 heterocycles. The van der Waals surface area contributed by atoms with Crippen molar-refractivity contribution < 1.29 is 14.6 Å². The zero-order valence-corrected chi connectivity index (χ0v) is 8.00. The van der Waals surface area contributed by atoms with Gasteiger partial charge in [-0.15, -0.1) is 0 Å². The van der Waals surface area contributed by atoms with Crippen molar-refractivity contribution >= 4 is 5.97 Å². The third-order valence-electron chi connectivity index (χ3n) is 2.59. The lowest BCUT2D eigenvalue weighted by molar-refractivity contribution is -0.137. The van der Waals surface area contributed by atoms with E-state index in [0.29, 0.717) is 6.42 Å². The summed E-state index contributed by atoms with van der Waals surface area (Å²) in [6, 6.07) is 0. The number of unbranched alkanes of at least 4 members (excludes halogenated alkanes) is 1. The van der Waals surface area contributed by atoms with Crippen molar-refractivity contribution in [2.24, 2.45) is 5.92 Å². The van der Waals surface area contributed by atoms with Crippen molar-refractivity contribution in [2.75, 3.05) is 13.2 Å². The molecule has 0 amide bonds. The van der Waals surface area contributed by atoms with E-state index in [-0.39, 0.29) is 0 Å². The molecule has 13 heavy (non-hydrogen) atoms. The Morgan fingerprint density at radius 1 is 1.31 bits per heavy atom. The molecule has 3 nitrogen and oxygen atoms in total. The standard InChI is InChI=1S/C10H18O3/c11-10(12)4-2-1-3-9-5-7-13-8-6-9/h9H,1-8H2,(H,11,12). The van der Waals surface area contributed by atoms with Crippen molar-refractivity contribution in [1.29, 1.82) is 0 Å². The second-order valence-electron chi connectivity index (χ2n) is 3.70. The minimum atomic E-state index is -0.674. The number of ether oxygens (including phenoxy) is 1. The number of hydrogen-bond acceptors (Lipinski definition) is 2. The van der Waals surface area contributed by atoms with Gasteiger partial charge < -0.3 is 9.84 Å². The Hall–Kier alpha value is -0.570. The molecule has 0 saturated carbocycles. The van der Waals surface area contributed by atoms with E-state index in [4.69, 9.17) is 9.84 Å². The van der Waals surface area contributed by atoms with Crippen molar-refractivity contribution in [3.05, 3.63) is 0 Å². The van der Waals surface area contributed by atoms with Gasteiger partial charge in [0.1, 0.15) is 0 Å². The molecule has 0 aromatic heterocycles. The molecule has 1 saturated heterocycles. The van der Waals surface area contributed by atoms with Crippen LogP contribution < -0.4 is 0 Å². The van der Waals surface area contributed by atoms with Crippen LogP contribution >= 0.6 is 0 Å². The molecule has 0 bridgehead atoms. The first-order chi connectivity index (χ1) is 6.29. The predicted molar refractivity (Wildman–Crippen MR) is 49.6 cm³/mol. The van der Waals surface area contributed by atoms with Gasteiger partial charge in [0.15, 0.2) is 0 Å². The molecule has 0 unspecified atom stereocenters. The molecule has 1 fully saturated rings. The SMILES string of the molecule is O=C(O)CCCCC1CCOCC1. The maximum atomic E-state index is 10.2. The molecule has 1 aliphatic rings. The van der Waals surface area contributed by atoms with Gasteiger partial charge in [0.25, 0.3) is 0 Å². The maximum absolute atomic E-state index is 10.2. The molecule has 1 rings (SSSR count). The predicted octanol–water partition coefficient (Wildman–Crippen LogP) is 2.06. The maximum Gasteiger partial charge on any atom is 0.303 e. The van der Waals surface area contributed by atoms with Gasteiger partial charge in [-0.1, -0.05) is 12.8 Å². The summed E-state index contributed by atoms with van der Waals surface area (Å²) < 4.78 is 5.25. The summed E-state index contributed by atoms with van der Waals surface area (Å²) in [5.41, 5.74) is 0. The highest BCUT2D eigenvalue weighted by Gasteiger charge is 2.12. The first-order valence-corrected chi connectivity index (χ1v) is 5.08. The van der Waals surface area contributed by atoms with Crippen LogP contribution in [0.3, 0.4) is 0 Å². The van der Waals surface area contributed by atoms with Crippen LogP contribution in [0.15, 0.2) is 0 Å². The van der Waals surface area contributed by atoms with E-state index in [0.717, 1.165) is 44.8 Å². The van der Waals surface area contributed by atoms with Crippen LogP contribution in [0.4, 0.5) is 0 Å². The van der Waals surface area contributed by atoms with Crippen LogP contribution in [0.1, 0.15) is 38.5 Å². The van der Waals surface area contributed by atoms with E-state index >= 15 is 0 Å². The molecule has 1 aliphatic heterocycles. The van der Waals surface area contributed by atoms with Gasteiger partial charge >= 0.3 is 5.97 Å². The summed E-state index contributed by atoms with van der Waals surface area (Å²) in [4.78, 5) is 10.2. The van der Waals surface area contributed by atoms with Gasteiger partial charge in [0, 0.05) is 19.6 Å².